The summed E-state index contributed by atoms with van der Waals surface area (Å²) in [6.45, 7) is 2.17. The molecule has 1 N–H and O–H groups in total. The first-order chi connectivity index (χ1) is 8.86. The third-order valence-corrected chi connectivity index (χ3v) is 3.87. The first-order valence-electron chi connectivity index (χ1n) is 5.63. The minimum absolute atomic E-state index is 0.0893. The van der Waals surface area contributed by atoms with E-state index in [0.717, 1.165) is 0 Å². The van der Waals surface area contributed by atoms with E-state index in [0.29, 0.717) is 30.5 Å². The molecule has 0 bridgehead atoms. The number of hydrogen-bond donors (Lipinski definition) is 1. The third-order valence-electron chi connectivity index (χ3n) is 2.52. The van der Waals surface area contributed by atoms with E-state index >= 15 is 0 Å². The summed E-state index contributed by atoms with van der Waals surface area (Å²) in [7, 11) is 1.41. The van der Waals surface area contributed by atoms with Crippen LogP contribution in [0.5, 0.6) is 0 Å². The zero-order chi connectivity index (χ0) is 14.5. The number of unbranched alkanes of at least 4 members (excludes halogenated alkanes) is 1. The second-order valence-corrected chi connectivity index (χ2v) is 6.54. The van der Waals surface area contributed by atoms with Gasteiger partial charge in [0.2, 0.25) is 0 Å². The number of halogens is 1. The van der Waals surface area contributed by atoms with Crippen molar-refractivity contribution in [2.45, 2.75) is 24.7 Å². The van der Waals surface area contributed by atoms with Crippen molar-refractivity contribution in [3.8, 4) is 12.3 Å². The van der Waals surface area contributed by atoms with Crippen molar-refractivity contribution in [2.24, 2.45) is 0 Å². The van der Waals surface area contributed by atoms with E-state index in [1.165, 1.54) is 12.1 Å². The van der Waals surface area contributed by atoms with E-state index in [4.69, 9.17) is 17.1 Å². The van der Waals surface area contributed by atoms with Crippen molar-refractivity contribution >= 4 is 25.6 Å². The van der Waals surface area contributed by atoms with Crippen LogP contribution in [0.1, 0.15) is 28.8 Å². The highest BCUT2D eigenvalue weighted by Crippen LogP contribution is 2.19. The molecule has 102 valence electrons. The second-order valence-electron chi connectivity index (χ2n) is 3.98. The van der Waals surface area contributed by atoms with Crippen LogP contribution in [0.25, 0.3) is 0 Å². The molecule has 0 radical (unpaired) electrons. The molecule has 4 nitrogen and oxygen atoms in total. The van der Waals surface area contributed by atoms with Gasteiger partial charge in [-0.3, -0.25) is 4.79 Å². The number of rotatable bonds is 5. The summed E-state index contributed by atoms with van der Waals surface area (Å²) in [6.07, 6.45) is 6.36. The summed E-state index contributed by atoms with van der Waals surface area (Å²) in [6, 6.07) is 4.19. The molecule has 0 aromatic heterocycles. The largest absolute Gasteiger partial charge is 0.352 e. The Morgan fingerprint density at radius 3 is 2.74 bits per heavy atom. The number of carbonyl (C=O) groups is 1. The van der Waals surface area contributed by atoms with E-state index < -0.39 is 9.05 Å². The van der Waals surface area contributed by atoms with Crippen LogP contribution in [-0.2, 0) is 9.05 Å². The molecule has 0 atom stereocenters. The Labute approximate surface area is 117 Å². The van der Waals surface area contributed by atoms with Gasteiger partial charge in [0.15, 0.2) is 0 Å². The molecule has 0 unspecified atom stereocenters. The lowest BCUT2D eigenvalue weighted by Crippen LogP contribution is -2.25. The molecule has 19 heavy (non-hydrogen) atoms. The highest BCUT2D eigenvalue weighted by molar-refractivity contribution is 8.13. The van der Waals surface area contributed by atoms with Crippen molar-refractivity contribution < 1.29 is 13.2 Å². The normalized spacial score (nSPS) is 10.8. The topological polar surface area (TPSA) is 63.2 Å². The monoisotopic (exact) mass is 299 g/mol. The number of terminal acetylenes is 1. The lowest BCUT2D eigenvalue weighted by atomic mass is 10.1. The Kier molecular flexibility index (Phi) is 5.40. The predicted octanol–water partition coefficient (Wildman–Crippen LogP) is 2.07. The van der Waals surface area contributed by atoms with Crippen LogP contribution in [0.15, 0.2) is 23.1 Å². The number of carbonyl (C=O) groups excluding carboxylic acids is 1. The molecule has 1 aromatic carbocycles. The third kappa shape index (κ3) is 4.58. The molecule has 0 heterocycles. The summed E-state index contributed by atoms with van der Waals surface area (Å²) < 4.78 is 22.5. The highest BCUT2D eigenvalue weighted by Gasteiger charge is 2.15. The fourth-order valence-corrected chi connectivity index (χ4v) is 2.26. The summed E-state index contributed by atoms with van der Waals surface area (Å²) in [5, 5.41) is 2.68. The Balaban J connectivity index is 2.88. The van der Waals surface area contributed by atoms with Gasteiger partial charge in [0.25, 0.3) is 15.0 Å². The summed E-state index contributed by atoms with van der Waals surface area (Å²) in [5.41, 5.74) is 0.973. The molecule has 0 saturated heterocycles. The maximum absolute atomic E-state index is 11.9. The molecule has 0 aliphatic heterocycles. The maximum Gasteiger partial charge on any atom is 0.261 e. The summed E-state index contributed by atoms with van der Waals surface area (Å²) in [5.74, 6) is 2.14. The van der Waals surface area contributed by atoms with Gasteiger partial charge < -0.3 is 5.32 Å². The molecule has 1 aromatic rings. The number of hydrogen-bond acceptors (Lipinski definition) is 3. The van der Waals surface area contributed by atoms with Crippen LogP contribution in [0.3, 0.4) is 0 Å². The second kappa shape index (κ2) is 6.60. The Hall–Kier alpha value is -1.51. The predicted molar refractivity (Wildman–Crippen MR) is 74.6 cm³/mol. The molecule has 1 rings (SSSR count). The van der Waals surface area contributed by atoms with Crippen LogP contribution < -0.4 is 5.32 Å². The van der Waals surface area contributed by atoms with E-state index in [-0.39, 0.29) is 10.8 Å². The van der Waals surface area contributed by atoms with Crippen molar-refractivity contribution in [3.05, 3.63) is 29.3 Å². The first-order valence-corrected chi connectivity index (χ1v) is 7.94. The fourth-order valence-electron chi connectivity index (χ4n) is 1.48. The van der Waals surface area contributed by atoms with Crippen LogP contribution in [0.2, 0.25) is 0 Å². The van der Waals surface area contributed by atoms with Gasteiger partial charge in [-0.05, 0) is 31.0 Å². The SMILES string of the molecule is C#CCCCNC(=O)c1cc(S(=O)(=O)Cl)ccc1C. The molecule has 0 aliphatic carbocycles. The number of nitrogens with one attached hydrogen (secondary N) is 1. The van der Waals surface area contributed by atoms with Crippen molar-refractivity contribution in [1.29, 1.82) is 0 Å². The molecular weight excluding hydrogens is 286 g/mol. The molecule has 0 spiro atoms. The summed E-state index contributed by atoms with van der Waals surface area (Å²) >= 11 is 0. The van der Waals surface area contributed by atoms with Gasteiger partial charge >= 0.3 is 0 Å². The van der Waals surface area contributed by atoms with Gasteiger partial charge in [0.1, 0.15) is 0 Å². The maximum atomic E-state index is 11.9. The Bertz CT molecular complexity index is 617. The number of benzene rings is 1. The first kappa shape index (κ1) is 15.5. The van der Waals surface area contributed by atoms with Crippen LogP contribution in [0, 0.1) is 19.3 Å². The van der Waals surface area contributed by atoms with Gasteiger partial charge in [0, 0.05) is 29.2 Å². The average molecular weight is 300 g/mol. The molecular formula is C13H14ClNO3S. The van der Waals surface area contributed by atoms with Gasteiger partial charge in [0.05, 0.1) is 4.90 Å². The van der Waals surface area contributed by atoms with Crippen LogP contribution in [0.4, 0.5) is 0 Å². The molecule has 6 heteroatoms. The van der Waals surface area contributed by atoms with Gasteiger partial charge in [-0.2, -0.15) is 0 Å². The average Bonchev–Trinajstić information content (AvgIpc) is 2.33. The minimum Gasteiger partial charge on any atom is -0.352 e. The minimum atomic E-state index is -3.84. The van der Waals surface area contributed by atoms with Crippen molar-refractivity contribution in [1.82, 2.24) is 5.32 Å². The molecule has 0 aliphatic rings. The van der Waals surface area contributed by atoms with Gasteiger partial charge in [-0.15, -0.1) is 12.3 Å². The smallest absolute Gasteiger partial charge is 0.261 e. The van der Waals surface area contributed by atoms with Crippen molar-refractivity contribution in [3.63, 3.8) is 0 Å². The number of amides is 1. The van der Waals surface area contributed by atoms with Crippen molar-refractivity contribution in [2.75, 3.05) is 6.54 Å². The summed E-state index contributed by atoms with van der Waals surface area (Å²) in [4.78, 5) is 11.8. The highest BCUT2D eigenvalue weighted by atomic mass is 35.7. The lowest BCUT2D eigenvalue weighted by molar-refractivity contribution is 0.0952. The zero-order valence-corrected chi connectivity index (χ0v) is 12.0. The Morgan fingerprint density at radius 2 is 2.16 bits per heavy atom. The molecule has 0 fully saturated rings. The Morgan fingerprint density at radius 1 is 1.47 bits per heavy atom. The van der Waals surface area contributed by atoms with Crippen LogP contribution >= 0.6 is 10.7 Å². The van der Waals surface area contributed by atoms with E-state index in [9.17, 15) is 13.2 Å². The van der Waals surface area contributed by atoms with E-state index in [1.54, 1.807) is 13.0 Å². The molecule has 0 saturated carbocycles. The zero-order valence-electron chi connectivity index (χ0n) is 10.4. The van der Waals surface area contributed by atoms with Crippen LogP contribution in [-0.4, -0.2) is 20.9 Å². The quantitative estimate of drug-likeness (QED) is 0.514. The van der Waals surface area contributed by atoms with E-state index in [2.05, 4.69) is 11.2 Å². The van der Waals surface area contributed by atoms with E-state index in [1.807, 2.05) is 0 Å². The lowest BCUT2D eigenvalue weighted by Gasteiger charge is -2.08. The number of aryl methyl sites for hydroxylation is 1. The molecule has 1 amide bonds. The van der Waals surface area contributed by atoms with Gasteiger partial charge in [-0.25, -0.2) is 8.42 Å². The van der Waals surface area contributed by atoms with Gasteiger partial charge in [-0.1, -0.05) is 6.07 Å². The standard InChI is InChI=1S/C13H14ClNO3S/c1-3-4-5-8-15-13(16)12-9-11(19(14,17)18)7-6-10(12)2/h1,6-7,9H,4-5,8H2,2H3,(H,15,16). The fraction of sp³-hybridized carbons (Fsp3) is 0.308.